The van der Waals surface area contributed by atoms with Crippen LogP contribution >= 0.6 is 0 Å². The van der Waals surface area contributed by atoms with Gasteiger partial charge in [0.15, 0.2) is 0 Å². The van der Waals surface area contributed by atoms with Crippen LogP contribution in [0.3, 0.4) is 0 Å². The van der Waals surface area contributed by atoms with Gasteiger partial charge < -0.3 is 5.32 Å². The van der Waals surface area contributed by atoms with Crippen LogP contribution in [0.25, 0.3) is 27.8 Å². The molecule has 0 fully saturated rings. The van der Waals surface area contributed by atoms with Crippen LogP contribution in [0.4, 0.5) is 5.69 Å². The van der Waals surface area contributed by atoms with Crippen LogP contribution in [0.5, 0.6) is 0 Å². The lowest BCUT2D eigenvalue weighted by molar-refractivity contribution is 0.102. The van der Waals surface area contributed by atoms with E-state index < -0.39 is 0 Å². The highest BCUT2D eigenvalue weighted by Crippen LogP contribution is 2.21. The zero-order valence-corrected chi connectivity index (χ0v) is 16.1. The first-order valence-corrected chi connectivity index (χ1v) is 9.66. The Hall–Kier alpha value is -4.25. The van der Waals surface area contributed by atoms with Gasteiger partial charge in [0.25, 0.3) is 5.91 Å². The molecule has 0 saturated heterocycles. The highest BCUT2D eigenvalue weighted by molar-refractivity contribution is 6.05. The molecule has 0 saturated carbocycles. The molecule has 5 heteroatoms. The van der Waals surface area contributed by atoms with E-state index in [1.807, 2.05) is 103 Å². The molecule has 1 heterocycles. The number of rotatable bonds is 4. The van der Waals surface area contributed by atoms with E-state index in [-0.39, 0.29) is 5.91 Å². The Morgan fingerprint density at radius 1 is 0.667 bits per heavy atom. The number of anilines is 1. The van der Waals surface area contributed by atoms with Crippen LogP contribution < -0.4 is 5.32 Å². The summed E-state index contributed by atoms with van der Waals surface area (Å²) in [7, 11) is 0. The molecule has 0 bridgehead atoms. The Balaban J connectivity index is 1.35. The molecule has 0 radical (unpaired) electrons. The number of carbonyl (C=O) groups excluding carboxylic acids is 1. The second kappa shape index (κ2) is 7.64. The number of nitrogens with one attached hydrogen (secondary N) is 1. The lowest BCUT2D eigenvalue weighted by Crippen LogP contribution is -2.11. The molecule has 1 amide bonds. The second-order valence-corrected chi connectivity index (χ2v) is 6.93. The van der Waals surface area contributed by atoms with Crippen molar-refractivity contribution in [3.8, 4) is 16.8 Å². The van der Waals surface area contributed by atoms with E-state index in [0.717, 1.165) is 27.8 Å². The summed E-state index contributed by atoms with van der Waals surface area (Å²) >= 11 is 0. The fourth-order valence-corrected chi connectivity index (χ4v) is 3.32. The van der Waals surface area contributed by atoms with Gasteiger partial charge in [-0.2, -0.15) is 4.80 Å². The van der Waals surface area contributed by atoms with E-state index in [0.29, 0.717) is 11.3 Å². The summed E-state index contributed by atoms with van der Waals surface area (Å²) in [6.45, 7) is 0. The van der Waals surface area contributed by atoms with Crippen molar-refractivity contribution in [3.05, 3.63) is 109 Å². The van der Waals surface area contributed by atoms with Crippen molar-refractivity contribution in [1.82, 2.24) is 15.0 Å². The van der Waals surface area contributed by atoms with E-state index in [4.69, 9.17) is 0 Å². The largest absolute Gasteiger partial charge is 0.322 e. The molecule has 1 aromatic heterocycles. The maximum Gasteiger partial charge on any atom is 0.255 e. The van der Waals surface area contributed by atoms with Crippen molar-refractivity contribution in [3.63, 3.8) is 0 Å². The highest BCUT2D eigenvalue weighted by Gasteiger charge is 2.09. The van der Waals surface area contributed by atoms with Gasteiger partial charge in [0.1, 0.15) is 11.0 Å². The fraction of sp³-hybridized carbons (Fsp3) is 0. The molecule has 4 aromatic carbocycles. The van der Waals surface area contributed by atoms with E-state index in [9.17, 15) is 4.79 Å². The number of nitrogens with zero attached hydrogens (tertiary/aromatic N) is 3. The molecule has 0 spiro atoms. The summed E-state index contributed by atoms with van der Waals surface area (Å²) in [5.41, 5.74) is 5.85. The average Bonchev–Trinajstić information content (AvgIpc) is 3.24. The molecular formula is C25H18N4O. The molecule has 0 aliphatic carbocycles. The molecule has 5 nitrogen and oxygen atoms in total. The van der Waals surface area contributed by atoms with Crippen molar-refractivity contribution in [2.45, 2.75) is 0 Å². The summed E-state index contributed by atoms with van der Waals surface area (Å²) in [6, 6.07) is 32.9. The first-order chi connectivity index (χ1) is 14.8. The SMILES string of the molecule is O=C(Nc1ccc2nn(-c3ccccc3)nc2c1)c1ccc(-c2ccccc2)cc1. The smallest absolute Gasteiger partial charge is 0.255 e. The maximum atomic E-state index is 12.7. The molecule has 144 valence electrons. The summed E-state index contributed by atoms with van der Waals surface area (Å²) in [5.74, 6) is -0.163. The van der Waals surface area contributed by atoms with E-state index in [1.54, 1.807) is 4.80 Å². The number of fused-ring (bicyclic) bond motifs is 1. The van der Waals surface area contributed by atoms with Crippen molar-refractivity contribution in [2.75, 3.05) is 5.32 Å². The highest BCUT2D eigenvalue weighted by atomic mass is 16.1. The van der Waals surface area contributed by atoms with Gasteiger partial charge >= 0.3 is 0 Å². The van der Waals surface area contributed by atoms with E-state index in [2.05, 4.69) is 15.5 Å². The van der Waals surface area contributed by atoms with E-state index in [1.165, 1.54) is 0 Å². The van der Waals surface area contributed by atoms with Crippen LogP contribution in [-0.4, -0.2) is 20.9 Å². The number of carbonyl (C=O) groups is 1. The third kappa shape index (κ3) is 3.56. The normalized spacial score (nSPS) is 10.8. The van der Waals surface area contributed by atoms with Crippen molar-refractivity contribution in [1.29, 1.82) is 0 Å². The third-order valence-electron chi connectivity index (χ3n) is 4.88. The van der Waals surface area contributed by atoms with Crippen LogP contribution in [0, 0.1) is 0 Å². The molecule has 5 aromatic rings. The van der Waals surface area contributed by atoms with Gasteiger partial charge in [-0.05, 0) is 53.6 Å². The van der Waals surface area contributed by atoms with Crippen LogP contribution in [0.15, 0.2) is 103 Å². The van der Waals surface area contributed by atoms with Gasteiger partial charge in [-0.15, -0.1) is 10.2 Å². The molecule has 0 aliphatic rings. The molecule has 30 heavy (non-hydrogen) atoms. The predicted molar refractivity (Wildman–Crippen MR) is 119 cm³/mol. The van der Waals surface area contributed by atoms with Gasteiger partial charge in [0, 0.05) is 11.3 Å². The number of amides is 1. The standard InChI is InChI=1S/C25H18N4O/c30-25(20-13-11-19(12-14-20)18-7-3-1-4-8-18)26-21-15-16-23-24(17-21)28-29(27-23)22-9-5-2-6-10-22/h1-17H,(H,26,30). The minimum absolute atomic E-state index is 0.163. The minimum Gasteiger partial charge on any atom is -0.322 e. The zero-order valence-electron chi connectivity index (χ0n) is 16.1. The maximum absolute atomic E-state index is 12.7. The monoisotopic (exact) mass is 390 g/mol. The number of hydrogen-bond donors (Lipinski definition) is 1. The zero-order chi connectivity index (χ0) is 20.3. The number of para-hydroxylation sites is 1. The third-order valence-corrected chi connectivity index (χ3v) is 4.88. The van der Waals surface area contributed by atoms with Crippen molar-refractivity contribution < 1.29 is 4.79 Å². The Kier molecular flexibility index (Phi) is 4.54. The topological polar surface area (TPSA) is 59.8 Å². The van der Waals surface area contributed by atoms with Crippen molar-refractivity contribution in [2.24, 2.45) is 0 Å². The molecule has 0 atom stereocenters. The summed E-state index contributed by atoms with van der Waals surface area (Å²) in [6.07, 6.45) is 0. The first-order valence-electron chi connectivity index (χ1n) is 9.66. The number of hydrogen-bond acceptors (Lipinski definition) is 3. The Morgan fingerprint density at radius 2 is 1.30 bits per heavy atom. The van der Waals surface area contributed by atoms with E-state index >= 15 is 0 Å². The fourth-order valence-electron chi connectivity index (χ4n) is 3.32. The van der Waals surface area contributed by atoms with Gasteiger partial charge in [0.05, 0.1) is 5.69 Å². The van der Waals surface area contributed by atoms with Crippen molar-refractivity contribution >= 4 is 22.6 Å². The van der Waals surface area contributed by atoms with Gasteiger partial charge in [-0.1, -0.05) is 60.7 Å². The van der Waals surface area contributed by atoms with Crippen LogP contribution in [0.1, 0.15) is 10.4 Å². The Bertz CT molecular complexity index is 1310. The summed E-state index contributed by atoms with van der Waals surface area (Å²) in [5, 5.41) is 12.0. The lowest BCUT2D eigenvalue weighted by atomic mass is 10.0. The summed E-state index contributed by atoms with van der Waals surface area (Å²) in [4.78, 5) is 14.3. The molecule has 0 unspecified atom stereocenters. The molecular weight excluding hydrogens is 372 g/mol. The Labute approximate surface area is 173 Å². The molecule has 0 aliphatic heterocycles. The van der Waals surface area contributed by atoms with Crippen LogP contribution in [0.2, 0.25) is 0 Å². The first kappa shape index (κ1) is 17.8. The summed E-state index contributed by atoms with van der Waals surface area (Å²) < 4.78 is 0. The minimum atomic E-state index is -0.163. The van der Waals surface area contributed by atoms with Gasteiger partial charge in [0.2, 0.25) is 0 Å². The second-order valence-electron chi connectivity index (χ2n) is 6.93. The van der Waals surface area contributed by atoms with Gasteiger partial charge in [-0.3, -0.25) is 4.79 Å². The molecule has 1 N–H and O–H groups in total. The Morgan fingerprint density at radius 3 is 2.03 bits per heavy atom. The number of benzene rings is 4. The average molecular weight is 390 g/mol. The van der Waals surface area contributed by atoms with Gasteiger partial charge in [-0.25, -0.2) is 0 Å². The van der Waals surface area contributed by atoms with Crippen LogP contribution in [-0.2, 0) is 0 Å². The number of aromatic nitrogens is 3. The predicted octanol–water partition coefficient (Wildman–Crippen LogP) is 5.34. The molecule has 5 rings (SSSR count). The lowest BCUT2D eigenvalue weighted by Gasteiger charge is -2.06. The quantitative estimate of drug-likeness (QED) is 0.451.